The van der Waals surface area contributed by atoms with Crippen LogP contribution < -0.4 is 10.5 Å². The lowest BCUT2D eigenvalue weighted by Crippen LogP contribution is -2.09. The van der Waals surface area contributed by atoms with Crippen LogP contribution in [0.3, 0.4) is 0 Å². The molecule has 0 amide bonds. The summed E-state index contributed by atoms with van der Waals surface area (Å²) in [4.78, 5) is 8.00. The van der Waals surface area contributed by atoms with Gasteiger partial charge in [-0.1, -0.05) is 13.3 Å². The molecule has 0 aliphatic rings. The lowest BCUT2D eigenvalue weighted by Gasteiger charge is -2.10. The van der Waals surface area contributed by atoms with Gasteiger partial charge in [-0.15, -0.1) is 0 Å². The first-order chi connectivity index (χ1) is 7.29. The minimum absolute atomic E-state index is 0.476. The van der Waals surface area contributed by atoms with E-state index in [1.165, 1.54) is 6.33 Å². The van der Waals surface area contributed by atoms with E-state index in [4.69, 9.17) is 15.2 Å². The second-order valence-corrected chi connectivity index (χ2v) is 3.13. The zero-order valence-electron chi connectivity index (χ0n) is 9.19. The third-order valence-corrected chi connectivity index (χ3v) is 1.97. The van der Waals surface area contributed by atoms with Crippen LogP contribution in [0.2, 0.25) is 0 Å². The lowest BCUT2D eigenvalue weighted by atomic mass is 10.2. The van der Waals surface area contributed by atoms with Gasteiger partial charge in [-0.2, -0.15) is 0 Å². The van der Waals surface area contributed by atoms with Gasteiger partial charge in [0.05, 0.1) is 12.2 Å². The van der Waals surface area contributed by atoms with Crippen LogP contribution in [0.25, 0.3) is 0 Å². The molecule has 0 aliphatic heterocycles. The van der Waals surface area contributed by atoms with Crippen LogP contribution in [0.15, 0.2) is 6.33 Å². The van der Waals surface area contributed by atoms with Crippen molar-refractivity contribution in [2.45, 2.75) is 19.8 Å². The fourth-order valence-electron chi connectivity index (χ4n) is 1.24. The van der Waals surface area contributed by atoms with Gasteiger partial charge in [0.15, 0.2) is 0 Å². The summed E-state index contributed by atoms with van der Waals surface area (Å²) in [7, 11) is 1.63. The average molecular weight is 211 g/mol. The summed E-state index contributed by atoms with van der Waals surface area (Å²) < 4.78 is 10.3. The topological polar surface area (TPSA) is 70.3 Å². The van der Waals surface area contributed by atoms with E-state index in [0.717, 1.165) is 18.4 Å². The number of methoxy groups -OCH3 is 1. The minimum atomic E-state index is 0.476. The maximum absolute atomic E-state index is 5.75. The van der Waals surface area contributed by atoms with Gasteiger partial charge in [0.1, 0.15) is 18.8 Å². The van der Waals surface area contributed by atoms with E-state index in [9.17, 15) is 0 Å². The van der Waals surface area contributed by atoms with Crippen molar-refractivity contribution in [1.29, 1.82) is 0 Å². The molecule has 0 unspecified atom stereocenters. The first kappa shape index (κ1) is 11.7. The van der Waals surface area contributed by atoms with E-state index in [2.05, 4.69) is 16.9 Å². The number of nitrogen functional groups attached to an aromatic ring is 1. The number of hydrogen-bond donors (Lipinski definition) is 1. The molecule has 0 bridgehead atoms. The summed E-state index contributed by atoms with van der Waals surface area (Å²) in [6, 6.07) is 0. The highest BCUT2D eigenvalue weighted by molar-refractivity contribution is 5.44. The molecule has 0 radical (unpaired) electrons. The summed E-state index contributed by atoms with van der Waals surface area (Å²) in [6.07, 6.45) is 3.23. The Bertz CT molecular complexity index is 305. The first-order valence-corrected chi connectivity index (χ1v) is 5.00. The number of nitrogens with zero attached hydrogens (tertiary/aromatic N) is 2. The molecule has 0 spiro atoms. The second kappa shape index (κ2) is 6.19. The molecule has 1 heterocycles. The molecule has 1 rings (SSSR count). The highest BCUT2D eigenvalue weighted by Crippen LogP contribution is 2.20. The van der Waals surface area contributed by atoms with Gasteiger partial charge in [-0.3, -0.25) is 0 Å². The van der Waals surface area contributed by atoms with Gasteiger partial charge in [0.2, 0.25) is 5.88 Å². The molecular formula is C10H17N3O2. The zero-order chi connectivity index (χ0) is 11.1. The fourth-order valence-corrected chi connectivity index (χ4v) is 1.24. The van der Waals surface area contributed by atoms with E-state index in [1.807, 2.05) is 0 Å². The predicted molar refractivity (Wildman–Crippen MR) is 57.8 cm³/mol. The second-order valence-electron chi connectivity index (χ2n) is 3.13. The van der Waals surface area contributed by atoms with E-state index < -0.39 is 0 Å². The van der Waals surface area contributed by atoms with Crippen molar-refractivity contribution in [3.8, 4) is 5.88 Å². The molecule has 0 atom stereocenters. The van der Waals surface area contributed by atoms with E-state index >= 15 is 0 Å². The zero-order valence-corrected chi connectivity index (χ0v) is 9.19. The van der Waals surface area contributed by atoms with Crippen LogP contribution in [0.5, 0.6) is 5.88 Å². The molecule has 2 N–H and O–H groups in total. The van der Waals surface area contributed by atoms with Crippen molar-refractivity contribution in [3.05, 3.63) is 11.9 Å². The monoisotopic (exact) mass is 211 g/mol. The van der Waals surface area contributed by atoms with Crippen LogP contribution in [0.1, 0.15) is 18.9 Å². The molecule has 84 valence electrons. The summed E-state index contributed by atoms with van der Waals surface area (Å²) >= 11 is 0. The lowest BCUT2D eigenvalue weighted by molar-refractivity contribution is 0.143. The minimum Gasteiger partial charge on any atom is -0.475 e. The van der Waals surface area contributed by atoms with Gasteiger partial charge < -0.3 is 15.2 Å². The number of hydrogen-bond acceptors (Lipinski definition) is 5. The smallest absolute Gasteiger partial charge is 0.221 e. The van der Waals surface area contributed by atoms with Gasteiger partial charge in [-0.25, -0.2) is 9.97 Å². The van der Waals surface area contributed by atoms with Gasteiger partial charge in [0.25, 0.3) is 0 Å². The summed E-state index contributed by atoms with van der Waals surface area (Å²) in [6.45, 7) is 3.09. The summed E-state index contributed by atoms with van der Waals surface area (Å²) in [5.74, 6) is 1.07. The molecule has 0 fully saturated rings. The highest BCUT2D eigenvalue weighted by atomic mass is 16.5. The third-order valence-electron chi connectivity index (χ3n) is 1.97. The summed E-state index contributed by atoms with van der Waals surface area (Å²) in [5.41, 5.74) is 6.63. The normalized spacial score (nSPS) is 10.3. The number of nitrogens with two attached hydrogens (primary N) is 1. The molecule has 0 saturated carbocycles. The van der Waals surface area contributed by atoms with E-state index in [-0.39, 0.29) is 0 Å². The number of aromatic nitrogens is 2. The maximum atomic E-state index is 5.75. The Labute approximate surface area is 89.6 Å². The van der Waals surface area contributed by atoms with Crippen molar-refractivity contribution in [3.63, 3.8) is 0 Å². The molecule has 0 saturated heterocycles. The van der Waals surface area contributed by atoms with Crippen LogP contribution in [-0.2, 0) is 11.2 Å². The van der Waals surface area contributed by atoms with Crippen molar-refractivity contribution in [2.24, 2.45) is 0 Å². The molecular weight excluding hydrogens is 194 g/mol. The Kier molecular flexibility index (Phi) is 4.83. The average Bonchev–Trinajstić information content (AvgIpc) is 2.23. The molecule has 5 heteroatoms. The Morgan fingerprint density at radius 3 is 2.80 bits per heavy atom. The number of rotatable bonds is 6. The van der Waals surface area contributed by atoms with Crippen LogP contribution >= 0.6 is 0 Å². The van der Waals surface area contributed by atoms with E-state index in [1.54, 1.807) is 7.11 Å². The molecule has 1 aromatic heterocycles. The quantitative estimate of drug-likeness (QED) is 0.712. The van der Waals surface area contributed by atoms with Crippen molar-refractivity contribution >= 4 is 5.82 Å². The number of ether oxygens (including phenoxy) is 2. The molecule has 15 heavy (non-hydrogen) atoms. The largest absolute Gasteiger partial charge is 0.475 e. The molecule has 5 nitrogen and oxygen atoms in total. The Balaban J connectivity index is 2.71. The standard InChI is InChI=1S/C10H17N3O2/c1-3-4-8-9(11)12-7-13-10(8)15-6-5-14-2/h7H,3-6H2,1-2H3,(H2,11,12,13). The molecule has 0 aromatic carbocycles. The predicted octanol–water partition coefficient (Wildman–Crippen LogP) is 1.04. The van der Waals surface area contributed by atoms with Crippen LogP contribution in [0, 0.1) is 0 Å². The maximum Gasteiger partial charge on any atom is 0.221 e. The van der Waals surface area contributed by atoms with Gasteiger partial charge in [0, 0.05) is 7.11 Å². The van der Waals surface area contributed by atoms with Gasteiger partial charge in [-0.05, 0) is 6.42 Å². The molecule has 0 aliphatic carbocycles. The van der Waals surface area contributed by atoms with Crippen LogP contribution in [0.4, 0.5) is 5.82 Å². The van der Waals surface area contributed by atoms with E-state index in [0.29, 0.717) is 24.9 Å². The van der Waals surface area contributed by atoms with Crippen LogP contribution in [-0.4, -0.2) is 30.3 Å². The van der Waals surface area contributed by atoms with Gasteiger partial charge >= 0.3 is 0 Å². The number of anilines is 1. The fraction of sp³-hybridized carbons (Fsp3) is 0.600. The molecule has 1 aromatic rings. The Morgan fingerprint density at radius 1 is 1.33 bits per heavy atom. The summed E-state index contributed by atoms with van der Waals surface area (Å²) in [5, 5.41) is 0. The SMILES string of the molecule is CCCc1c(N)ncnc1OCCOC. The Morgan fingerprint density at radius 2 is 2.13 bits per heavy atom. The van der Waals surface area contributed by atoms with Crippen molar-refractivity contribution in [1.82, 2.24) is 9.97 Å². The highest BCUT2D eigenvalue weighted by Gasteiger charge is 2.09. The van der Waals surface area contributed by atoms with Crippen molar-refractivity contribution in [2.75, 3.05) is 26.1 Å². The Hall–Kier alpha value is -1.36. The first-order valence-electron chi connectivity index (χ1n) is 5.00. The van der Waals surface area contributed by atoms with Crippen molar-refractivity contribution < 1.29 is 9.47 Å². The third kappa shape index (κ3) is 3.36.